The number of piperidine rings is 1. The number of likely N-dealkylation sites (tertiary alicyclic amines) is 1. The number of carbonyl (C=O) groups excluding carboxylic acids is 1. The van der Waals surface area contributed by atoms with Gasteiger partial charge in [-0.2, -0.15) is 0 Å². The molecule has 2 aromatic heterocycles. The Morgan fingerprint density at radius 2 is 2.03 bits per heavy atom. The van der Waals surface area contributed by atoms with Crippen LogP contribution >= 0.6 is 0 Å². The van der Waals surface area contributed by atoms with Crippen molar-refractivity contribution in [3.05, 3.63) is 48.2 Å². The first-order chi connectivity index (χ1) is 14.7. The fourth-order valence-corrected chi connectivity index (χ4v) is 4.75. The molecule has 1 fully saturated rings. The van der Waals surface area contributed by atoms with Gasteiger partial charge in [-0.3, -0.25) is 9.69 Å². The van der Waals surface area contributed by atoms with Gasteiger partial charge in [-0.25, -0.2) is 4.98 Å². The van der Waals surface area contributed by atoms with E-state index in [1.54, 1.807) is 0 Å². The van der Waals surface area contributed by atoms with E-state index in [1.807, 2.05) is 35.0 Å². The van der Waals surface area contributed by atoms with E-state index < -0.39 is 0 Å². The maximum atomic E-state index is 11.3. The largest absolute Gasteiger partial charge is 0.490 e. The zero-order valence-corrected chi connectivity index (χ0v) is 17.3. The lowest BCUT2D eigenvalue weighted by Gasteiger charge is -2.31. The minimum atomic E-state index is -0.343. The first-order valence-electron chi connectivity index (χ1n) is 11.0. The number of carbonyl (C=O) groups is 1. The molecule has 0 bridgehead atoms. The van der Waals surface area contributed by atoms with Crippen molar-refractivity contribution in [3.63, 3.8) is 0 Å². The van der Waals surface area contributed by atoms with Crippen LogP contribution in [-0.2, 0) is 30.8 Å². The summed E-state index contributed by atoms with van der Waals surface area (Å²) in [7, 11) is 0. The summed E-state index contributed by atoms with van der Waals surface area (Å²) in [6.45, 7) is 4.27. The highest BCUT2D eigenvalue weighted by atomic mass is 16.5. The second kappa shape index (κ2) is 8.14. The highest BCUT2D eigenvalue weighted by Crippen LogP contribution is 2.29. The molecular formula is C23H29N5O2. The summed E-state index contributed by atoms with van der Waals surface area (Å²) in [5, 5.41) is 1.03. The van der Waals surface area contributed by atoms with Gasteiger partial charge in [0.2, 0.25) is 5.91 Å². The summed E-state index contributed by atoms with van der Waals surface area (Å²) < 4.78 is 10.6. The van der Waals surface area contributed by atoms with Gasteiger partial charge >= 0.3 is 0 Å². The minimum absolute atomic E-state index is 0.183. The molecule has 3 aromatic rings. The van der Waals surface area contributed by atoms with Crippen LogP contribution in [0, 0.1) is 0 Å². The number of ether oxygens (including phenoxy) is 1. The van der Waals surface area contributed by atoms with E-state index in [0.29, 0.717) is 0 Å². The summed E-state index contributed by atoms with van der Waals surface area (Å²) in [5.74, 6) is 1.80. The van der Waals surface area contributed by atoms with Crippen LogP contribution in [0.1, 0.15) is 37.2 Å². The zero-order chi connectivity index (χ0) is 20.5. The van der Waals surface area contributed by atoms with Crippen LogP contribution < -0.4 is 10.5 Å². The molecular weight excluding hydrogens is 378 g/mol. The Kier molecular flexibility index (Phi) is 5.21. The fourth-order valence-electron chi connectivity index (χ4n) is 4.75. The molecule has 5 rings (SSSR count). The lowest BCUT2D eigenvalue weighted by Crippen LogP contribution is -2.37. The Morgan fingerprint density at radius 3 is 2.83 bits per heavy atom. The number of hydrogen-bond acceptors (Lipinski definition) is 4. The van der Waals surface area contributed by atoms with E-state index >= 15 is 0 Å². The third-order valence-corrected chi connectivity index (χ3v) is 6.27. The van der Waals surface area contributed by atoms with Crippen LogP contribution in [-0.4, -0.2) is 44.1 Å². The van der Waals surface area contributed by atoms with Gasteiger partial charge in [-0.05, 0) is 43.9 Å². The van der Waals surface area contributed by atoms with Crippen molar-refractivity contribution in [2.45, 2.75) is 57.8 Å². The summed E-state index contributed by atoms with van der Waals surface area (Å²) in [6.07, 6.45) is 10.0. The topological polar surface area (TPSA) is 78.3 Å². The number of rotatable bonds is 6. The molecule has 0 unspecified atom stereocenters. The first kappa shape index (κ1) is 19.2. The predicted octanol–water partition coefficient (Wildman–Crippen LogP) is 2.70. The average Bonchev–Trinajstić information content (AvgIpc) is 3.33. The van der Waals surface area contributed by atoms with Gasteiger partial charge in [0.05, 0.1) is 11.2 Å². The molecule has 7 heteroatoms. The Balaban J connectivity index is 1.20. The second-order valence-corrected chi connectivity index (χ2v) is 8.49. The Hall–Kier alpha value is -2.80. The number of benzene rings is 1. The third kappa shape index (κ3) is 3.94. The number of nitrogens with zero attached hydrogens (tertiary/aromatic N) is 4. The molecule has 2 aliphatic heterocycles. The Labute approximate surface area is 176 Å². The van der Waals surface area contributed by atoms with Crippen molar-refractivity contribution >= 4 is 16.8 Å². The van der Waals surface area contributed by atoms with Crippen molar-refractivity contribution in [2.75, 3.05) is 13.1 Å². The predicted molar refractivity (Wildman–Crippen MR) is 115 cm³/mol. The third-order valence-electron chi connectivity index (χ3n) is 6.27. The number of nitrogens with two attached hydrogens (primary N) is 1. The van der Waals surface area contributed by atoms with Gasteiger partial charge in [0, 0.05) is 50.4 Å². The monoisotopic (exact) mass is 407 g/mol. The van der Waals surface area contributed by atoms with Gasteiger partial charge in [0.1, 0.15) is 24.2 Å². The van der Waals surface area contributed by atoms with Crippen LogP contribution in [0.4, 0.5) is 0 Å². The van der Waals surface area contributed by atoms with E-state index in [-0.39, 0.29) is 18.6 Å². The van der Waals surface area contributed by atoms with E-state index in [0.717, 1.165) is 62.1 Å². The lowest BCUT2D eigenvalue weighted by molar-refractivity contribution is -0.118. The molecule has 2 N–H and O–H groups in total. The van der Waals surface area contributed by atoms with Crippen LogP contribution in [0.2, 0.25) is 0 Å². The molecule has 0 aliphatic carbocycles. The van der Waals surface area contributed by atoms with Crippen LogP contribution in [0.3, 0.4) is 0 Å². The molecule has 1 aromatic carbocycles. The maximum absolute atomic E-state index is 11.3. The van der Waals surface area contributed by atoms with Gasteiger partial charge in [-0.15, -0.1) is 0 Å². The van der Waals surface area contributed by atoms with Crippen molar-refractivity contribution in [1.29, 1.82) is 0 Å². The van der Waals surface area contributed by atoms with Crippen LogP contribution in [0.25, 0.3) is 10.9 Å². The van der Waals surface area contributed by atoms with Gasteiger partial charge in [-0.1, -0.05) is 6.07 Å². The first-order valence-corrected chi connectivity index (χ1v) is 11.0. The van der Waals surface area contributed by atoms with Gasteiger partial charge in [0.15, 0.2) is 0 Å². The van der Waals surface area contributed by atoms with E-state index in [2.05, 4.69) is 15.7 Å². The molecule has 0 spiro atoms. The van der Waals surface area contributed by atoms with E-state index in [1.165, 1.54) is 24.4 Å². The number of imidazole rings is 1. The normalized spacial score (nSPS) is 17.9. The van der Waals surface area contributed by atoms with E-state index in [4.69, 9.17) is 15.5 Å². The standard InChI is InChI=1S/C23H29N5O2/c24-22(29)16-27-13-9-19-20(27)4-3-5-21(19)30-18-7-11-26(12-8-18)14-17-15-28-10-2-1-6-23(28)25-17/h3-5,9,13,15,18H,1-2,6-8,10-12,14,16H2,(H2,24,29). The Morgan fingerprint density at radius 1 is 1.17 bits per heavy atom. The van der Waals surface area contributed by atoms with Crippen molar-refractivity contribution < 1.29 is 9.53 Å². The summed E-state index contributed by atoms with van der Waals surface area (Å²) >= 11 is 0. The molecule has 0 saturated carbocycles. The van der Waals surface area contributed by atoms with Gasteiger partial charge in [0.25, 0.3) is 0 Å². The molecule has 2 aliphatic rings. The number of aryl methyl sites for hydroxylation is 2. The number of aromatic nitrogens is 3. The molecule has 30 heavy (non-hydrogen) atoms. The number of fused-ring (bicyclic) bond motifs is 2. The van der Waals surface area contributed by atoms with Crippen molar-refractivity contribution in [2.24, 2.45) is 5.73 Å². The molecule has 0 atom stereocenters. The summed E-state index contributed by atoms with van der Waals surface area (Å²) in [5.41, 5.74) is 7.54. The molecule has 0 radical (unpaired) electrons. The highest BCUT2D eigenvalue weighted by Gasteiger charge is 2.23. The van der Waals surface area contributed by atoms with E-state index in [9.17, 15) is 4.79 Å². The quantitative estimate of drug-likeness (QED) is 0.681. The smallest absolute Gasteiger partial charge is 0.237 e. The highest BCUT2D eigenvalue weighted by molar-refractivity contribution is 5.87. The maximum Gasteiger partial charge on any atom is 0.237 e. The zero-order valence-electron chi connectivity index (χ0n) is 17.3. The van der Waals surface area contributed by atoms with Gasteiger partial charge < -0.3 is 19.6 Å². The lowest BCUT2D eigenvalue weighted by atomic mass is 10.1. The summed E-state index contributed by atoms with van der Waals surface area (Å²) in [6, 6.07) is 7.99. The molecule has 7 nitrogen and oxygen atoms in total. The summed E-state index contributed by atoms with van der Waals surface area (Å²) in [4.78, 5) is 18.6. The number of hydrogen-bond donors (Lipinski definition) is 1. The number of amides is 1. The van der Waals surface area contributed by atoms with Crippen LogP contribution in [0.5, 0.6) is 5.75 Å². The molecule has 4 heterocycles. The Bertz CT molecular complexity index is 1020. The minimum Gasteiger partial charge on any atom is -0.490 e. The van der Waals surface area contributed by atoms with Crippen molar-refractivity contribution in [3.8, 4) is 5.75 Å². The molecule has 1 saturated heterocycles. The fraction of sp³-hybridized carbons (Fsp3) is 0.478. The van der Waals surface area contributed by atoms with Crippen molar-refractivity contribution in [1.82, 2.24) is 19.0 Å². The average molecular weight is 408 g/mol. The molecule has 158 valence electrons. The number of primary amides is 1. The molecule has 1 amide bonds. The van der Waals surface area contributed by atoms with Crippen LogP contribution in [0.15, 0.2) is 36.7 Å². The second-order valence-electron chi connectivity index (χ2n) is 8.49. The SMILES string of the molecule is NC(=O)Cn1ccc2c(OC3CCN(Cc4cn5c(n4)CCCC5)CC3)cccc21.